The second kappa shape index (κ2) is 8.45. The molecule has 3 aromatic rings. The molecule has 27 heavy (non-hydrogen) atoms. The summed E-state index contributed by atoms with van der Waals surface area (Å²) < 4.78 is 1.96. The van der Waals surface area contributed by atoms with Crippen LogP contribution in [0.15, 0.2) is 59.8 Å². The van der Waals surface area contributed by atoms with Crippen LogP contribution in [-0.2, 0) is 11.3 Å². The number of aryl methyl sites for hydroxylation is 1. The maximum atomic E-state index is 12.2. The van der Waals surface area contributed by atoms with Crippen LogP contribution in [0.3, 0.4) is 0 Å². The van der Waals surface area contributed by atoms with E-state index >= 15 is 0 Å². The molecule has 1 heterocycles. The molecule has 1 aromatic heterocycles. The number of anilines is 1. The number of carbonyl (C=O) groups is 1. The Labute approximate surface area is 159 Å². The first-order chi connectivity index (χ1) is 13.0. The van der Waals surface area contributed by atoms with Gasteiger partial charge in [-0.15, -0.1) is 10.2 Å². The molecule has 2 aromatic carbocycles. The Hall–Kier alpha value is -3.20. The van der Waals surface area contributed by atoms with Gasteiger partial charge in [-0.05, 0) is 24.6 Å². The van der Waals surface area contributed by atoms with E-state index in [0.717, 1.165) is 11.4 Å². The number of aromatic nitrogens is 3. The maximum Gasteiger partial charge on any atom is 0.269 e. The minimum absolute atomic E-state index is 0.0214. The molecule has 0 saturated heterocycles. The van der Waals surface area contributed by atoms with Crippen LogP contribution in [-0.4, -0.2) is 31.3 Å². The van der Waals surface area contributed by atoms with E-state index < -0.39 is 4.92 Å². The van der Waals surface area contributed by atoms with Crippen molar-refractivity contribution >= 4 is 29.0 Å². The first-order valence-electron chi connectivity index (χ1n) is 8.14. The molecule has 0 aliphatic rings. The van der Waals surface area contributed by atoms with Gasteiger partial charge in [0.25, 0.3) is 5.69 Å². The minimum Gasteiger partial charge on any atom is -0.325 e. The van der Waals surface area contributed by atoms with Crippen molar-refractivity contribution in [3.63, 3.8) is 0 Å². The molecule has 138 valence electrons. The Morgan fingerprint density at radius 3 is 2.52 bits per heavy atom. The molecule has 0 aliphatic heterocycles. The third kappa shape index (κ3) is 4.91. The lowest BCUT2D eigenvalue weighted by atomic mass is 10.2. The highest BCUT2D eigenvalue weighted by Crippen LogP contribution is 2.20. The van der Waals surface area contributed by atoms with Crippen molar-refractivity contribution in [2.45, 2.75) is 18.6 Å². The zero-order chi connectivity index (χ0) is 19.2. The van der Waals surface area contributed by atoms with Crippen LogP contribution in [0.25, 0.3) is 0 Å². The van der Waals surface area contributed by atoms with Crippen molar-refractivity contribution < 1.29 is 9.72 Å². The summed E-state index contributed by atoms with van der Waals surface area (Å²) in [6, 6.07) is 15.7. The number of benzene rings is 2. The van der Waals surface area contributed by atoms with Crippen molar-refractivity contribution in [3.8, 4) is 0 Å². The fourth-order valence-electron chi connectivity index (χ4n) is 2.41. The fourth-order valence-corrected chi connectivity index (χ4v) is 3.19. The fraction of sp³-hybridized carbons (Fsp3) is 0.167. The van der Waals surface area contributed by atoms with E-state index in [1.165, 1.54) is 36.0 Å². The van der Waals surface area contributed by atoms with Crippen LogP contribution in [0.4, 0.5) is 11.4 Å². The molecule has 9 heteroatoms. The van der Waals surface area contributed by atoms with Crippen molar-refractivity contribution in [3.05, 3.63) is 76.1 Å². The lowest BCUT2D eigenvalue weighted by molar-refractivity contribution is -0.384. The Morgan fingerprint density at radius 2 is 1.85 bits per heavy atom. The highest BCUT2D eigenvalue weighted by atomic mass is 32.2. The van der Waals surface area contributed by atoms with Gasteiger partial charge in [-0.1, -0.05) is 42.1 Å². The van der Waals surface area contributed by atoms with Gasteiger partial charge in [0.05, 0.1) is 17.2 Å². The molecule has 8 nitrogen and oxygen atoms in total. The molecule has 0 aliphatic carbocycles. The van der Waals surface area contributed by atoms with E-state index in [-0.39, 0.29) is 17.3 Å². The molecule has 0 unspecified atom stereocenters. The number of hydrogen-bond donors (Lipinski definition) is 1. The number of amides is 1. The highest BCUT2D eigenvalue weighted by Gasteiger charge is 2.13. The molecule has 0 bridgehead atoms. The number of nitrogens with zero attached hydrogens (tertiary/aromatic N) is 4. The minimum atomic E-state index is -0.483. The maximum absolute atomic E-state index is 12.2. The van der Waals surface area contributed by atoms with Crippen LogP contribution < -0.4 is 5.32 Å². The molecular weight excluding hydrogens is 366 g/mol. The van der Waals surface area contributed by atoms with Crippen LogP contribution in [0.1, 0.15) is 11.4 Å². The van der Waals surface area contributed by atoms with E-state index in [4.69, 9.17) is 0 Å². The summed E-state index contributed by atoms with van der Waals surface area (Å²) in [5, 5.41) is 22.3. The Bertz CT molecular complexity index is 941. The van der Waals surface area contributed by atoms with E-state index in [1.807, 2.05) is 41.8 Å². The zero-order valence-corrected chi connectivity index (χ0v) is 15.3. The van der Waals surface area contributed by atoms with Crippen LogP contribution in [0.5, 0.6) is 0 Å². The van der Waals surface area contributed by atoms with E-state index in [9.17, 15) is 14.9 Å². The Kier molecular flexibility index (Phi) is 5.82. The number of nitrogens with one attached hydrogen (secondary N) is 1. The predicted molar refractivity (Wildman–Crippen MR) is 103 cm³/mol. The van der Waals surface area contributed by atoms with E-state index in [1.54, 1.807) is 0 Å². The van der Waals surface area contributed by atoms with Crippen molar-refractivity contribution in [1.82, 2.24) is 14.8 Å². The molecule has 1 amide bonds. The lowest BCUT2D eigenvalue weighted by Crippen LogP contribution is -2.14. The average Bonchev–Trinajstić information content (AvgIpc) is 3.01. The monoisotopic (exact) mass is 383 g/mol. The van der Waals surface area contributed by atoms with Crippen molar-refractivity contribution in [1.29, 1.82) is 0 Å². The summed E-state index contributed by atoms with van der Waals surface area (Å²) in [4.78, 5) is 22.3. The number of nitro benzene ring substituents is 1. The van der Waals surface area contributed by atoms with Gasteiger partial charge < -0.3 is 9.88 Å². The Balaban J connectivity index is 1.60. The largest absolute Gasteiger partial charge is 0.325 e. The third-order valence-electron chi connectivity index (χ3n) is 3.78. The summed E-state index contributed by atoms with van der Waals surface area (Å²) in [6.45, 7) is 2.50. The number of non-ortho nitro benzene ring substituents is 1. The third-order valence-corrected chi connectivity index (χ3v) is 4.75. The SMILES string of the molecule is Cc1nnc(SCC(=O)Nc2ccc([N+](=O)[O-])cc2)n1Cc1ccccc1. The number of carbonyl (C=O) groups excluding carboxylic acids is 1. The molecule has 3 rings (SSSR count). The van der Waals surface area contributed by atoms with E-state index in [2.05, 4.69) is 15.5 Å². The summed E-state index contributed by atoms with van der Waals surface area (Å²) in [5.74, 6) is 0.710. The van der Waals surface area contributed by atoms with Gasteiger partial charge in [-0.3, -0.25) is 14.9 Å². The number of hydrogen-bond acceptors (Lipinski definition) is 6. The van der Waals surface area contributed by atoms with E-state index in [0.29, 0.717) is 17.4 Å². The van der Waals surface area contributed by atoms with Crippen LogP contribution >= 0.6 is 11.8 Å². The molecule has 0 spiro atoms. The second-order valence-electron chi connectivity index (χ2n) is 5.74. The molecule has 0 atom stereocenters. The molecule has 0 saturated carbocycles. The second-order valence-corrected chi connectivity index (χ2v) is 6.68. The molecule has 0 fully saturated rings. The first kappa shape index (κ1) is 18.6. The van der Waals surface area contributed by atoms with Gasteiger partial charge in [0.15, 0.2) is 5.16 Å². The van der Waals surface area contributed by atoms with Crippen molar-refractivity contribution in [2.75, 3.05) is 11.1 Å². The van der Waals surface area contributed by atoms with Crippen molar-refractivity contribution in [2.24, 2.45) is 0 Å². The number of thioether (sulfide) groups is 1. The standard InChI is InChI=1S/C18H17N5O3S/c1-13-20-21-18(22(13)11-14-5-3-2-4-6-14)27-12-17(24)19-15-7-9-16(10-8-15)23(25)26/h2-10H,11-12H2,1H3,(H,19,24). The molecule has 0 radical (unpaired) electrons. The molecular formula is C18H17N5O3S. The number of nitro groups is 1. The van der Waals surface area contributed by atoms with Crippen LogP contribution in [0, 0.1) is 17.0 Å². The van der Waals surface area contributed by atoms with Gasteiger partial charge in [0.1, 0.15) is 5.82 Å². The van der Waals surface area contributed by atoms with Gasteiger partial charge >= 0.3 is 0 Å². The summed E-state index contributed by atoms with van der Waals surface area (Å²) in [6.07, 6.45) is 0. The Morgan fingerprint density at radius 1 is 1.15 bits per heavy atom. The van der Waals surface area contributed by atoms with Crippen LogP contribution in [0.2, 0.25) is 0 Å². The topological polar surface area (TPSA) is 103 Å². The normalized spacial score (nSPS) is 10.6. The quantitative estimate of drug-likeness (QED) is 0.381. The van der Waals surface area contributed by atoms with Gasteiger partial charge in [0, 0.05) is 17.8 Å². The number of rotatable bonds is 7. The highest BCUT2D eigenvalue weighted by molar-refractivity contribution is 7.99. The summed E-state index contributed by atoms with van der Waals surface area (Å²) in [7, 11) is 0. The summed E-state index contributed by atoms with van der Waals surface area (Å²) >= 11 is 1.29. The van der Waals surface area contributed by atoms with Gasteiger partial charge in [0.2, 0.25) is 5.91 Å². The van der Waals surface area contributed by atoms with Gasteiger partial charge in [-0.2, -0.15) is 0 Å². The average molecular weight is 383 g/mol. The smallest absolute Gasteiger partial charge is 0.269 e. The summed E-state index contributed by atoms with van der Waals surface area (Å²) in [5.41, 5.74) is 1.61. The lowest BCUT2D eigenvalue weighted by Gasteiger charge is -2.09. The zero-order valence-electron chi connectivity index (χ0n) is 14.5. The predicted octanol–water partition coefficient (Wildman–Crippen LogP) is 3.27. The molecule has 1 N–H and O–H groups in total. The first-order valence-corrected chi connectivity index (χ1v) is 9.12. The van der Waals surface area contributed by atoms with Gasteiger partial charge in [-0.25, -0.2) is 0 Å².